The van der Waals surface area contributed by atoms with Gasteiger partial charge in [-0.3, -0.25) is 0 Å². The lowest BCUT2D eigenvalue weighted by Crippen LogP contribution is -2.42. The van der Waals surface area contributed by atoms with Crippen molar-refractivity contribution in [2.24, 2.45) is 0 Å². The van der Waals surface area contributed by atoms with Crippen LogP contribution in [0.5, 0.6) is 0 Å². The molecule has 0 saturated carbocycles. The first-order valence-electron chi connectivity index (χ1n) is 19.5. The summed E-state index contributed by atoms with van der Waals surface area (Å²) in [5.41, 5.74) is 10.4. The van der Waals surface area contributed by atoms with Crippen molar-refractivity contribution in [1.29, 1.82) is 0 Å². The van der Waals surface area contributed by atoms with Crippen molar-refractivity contribution in [2.45, 2.75) is 18.9 Å². The zero-order valence-corrected chi connectivity index (χ0v) is 32.5. The molecule has 12 rings (SSSR count). The van der Waals surface area contributed by atoms with Crippen LogP contribution in [0.2, 0.25) is 0 Å². The fourth-order valence-corrected chi connectivity index (χ4v) is 12.0. The third-order valence-electron chi connectivity index (χ3n) is 12.1. The number of hydrogen-bond acceptors (Lipinski definition) is 3. The lowest BCUT2D eigenvalue weighted by Gasteiger charge is -2.35. The van der Waals surface area contributed by atoms with Crippen molar-refractivity contribution < 1.29 is 0 Å². The van der Waals surface area contributed by atoms with Crippen molar-refractivity contribution in [1.82, 2.24) is 9.47 Å². The Labute approximate surface area is 332 Å². The molecule has 1 unspecified atom stereocenters. The Bertz CT molecular complexity index is 3460. The minimum Gasteiger partial charge on any atom is -0.363 e. The molecule has 0 N–H and O–H groups in total. The van der Waals surface area contributed by atoms with Gasteiger partial charge in [0.05, 0.1) is 17.1 Å². The van der Waals surface area contributed by atoms with Crippen molar-refractivity contribution in [3.63, 3.8) is 0 Å². The highest BCUT2D eigenvalue weighted by atomic mass is 32.1. The summed E-state index contributed by atoms with van der Waals surface area (Å²) in [6, 6.07) is 58.8. The minimum absolute atomic E-state index is 0.184. The normalized spacial score (nSPS) is 15.4. The van der Waals surface area contributed by atoms with Crippen LogP contribution in [0.1, 0.15) is 24.4 Å². The van der Waals surface area contributed by atoms with Gasteiger partial charge in [-0.25, -0.2) is 0 Å². The summed E-state index contributed by atoms with van der Waals surface area (Å²) < 4.78 is 7.82. The molecule has 2 nitrogen and oxygen atoms in total. The Hall–Kier alpha value is -6.20. The molecule has 3 aromatic heterocycles. The minimum atomic E-state index is 0.184. The van der Waals surface area contributed by atoms with Crippen LogP contribution in [-0.2, 0) is 0 Å². The van der Waals surface area contributed by atoms with E-state index in [1.54, 1.807) is 0 Å². The number of nitrogens with zero attached hydrogens (tertiary/aromatic N) is 2. The monoisotopic (exact) mass is 752 g/mol. The van der Waals surface area contributed by atoms with E-state index in [1.165, 1.54) is 106 Å². The van der Waals surface area contributed by atoms with Gasteiger partial charge in [0.25, 0.3) is 0 Å². The lowest BCUT2D eigenvalue weighted by molar-refractivity contribution is 0.429. The SMILES string of the molecule is CN1C(C2=c3c(sc4cc(-c5ccc6c(c5)sc5cc(-n7c8ccccc8c8ccccc87)ccc56)ccc34)=CCC2)=c2ccccc2=CC1c1ccccc1. The summed E-state index contributed by atoms with van der Waals surface area (Å²) in [5, 5.41) is 10.7. The lowest BCUT2D eigenvalue weighted by atomic mass is 9.91. The largest absolute Gasteiger partial charge is 0.363 e. The first-order chi connectivity index (χ1) is 27.7. The van der Waals surface area contributed by atoms with E-state index < -0.39 is 0 Å². The Morgan fingerprint density at radius 1 is 0.554 bits per heavy atom. The van der Waals surface area contributed by atoms with Gasteiger partial charge in [0.15, 0.2) is 0 Å². The third kappa shape index (κ3) is 4.79. The quantitative estimate of drug-likeness (QED) is 0.174. The number of para-hydroxylation sites is 2. The Balaban J connectivity index is 0.971. The second-order valence-electron chi connectivity index (χ2n) is 15.2. The molecule has 10 aromatic rings. The van der Waals surface area contributed by atoms with Gasteiger partial charge >= 0.3 is 0 Å². The van der Waals surface area contributed by atoms with Gasteiger partial charge in [-0.2, -0.15) is 0 Å². The van der Waals surface area contributed by atoms with E-state index in [0.717, 1.165) is 12.8 Å². The smallest absolute Gasteiger partial charge is 0.0732 e. The summed E-state index contributed by atoms with van der Waals surface area (Å²) in [6.45, 7) is 0. The molecular formula is C52H36N2S2. The maximum absolute atomic E-state index is 2.52. The number of fused-ring (bicyclic) bond motifs is 10. The molecule has 2 aliphatic rings. The Morgan fingerprint density at radius 3 is 1.95 bits per heavy atom. The van der Waals surface area contributed by atoms with Crippen LogP contribution >= 0.6 is 22.7 Å². The first-order valence-corrected chi connectivity index (χ1v) is 21.1. The topological polar surface area (TPSA) is 8.17 Å². The predicted octanol–water partition coefficient (Wildman–Crippen LogP) is 11.0. The molecule has 4 heteroatoms. The predicted molar refractivity (Wildman–Crippen MR) is 241 cm³/mol. The number of rotatable bonds is 4. The molecule has 0 spiro atoms. The maximum Gasteiger partial charge on any atom is 0.0732 e. The molecule has 7 aromatic carbocycles. The molecule has 0 fully saturated rings. The van der Waals surface area contributed by atoms with E-state index in [4.69, 9.17) is 0 Å². The zero-order valence-electron chi connectivity index (χ0n) is 30.9. The second kappa shape index (κ2) is 12.4. The van der Waals surface area contributed by atoms with Crippen molar-refractivity contribution in [2.75, 3.05) is 7.05 Å². The third-order valence-corrected chi connectivity index (χ3v) is 14.4. The van der Waals surface area contributed by atoms with Crippen LogP contribution in [-0.4, -0.2) is 16.5 Å². The molecule has 56 heavy (non-hydrogen) atoms. The number of aromatic nitrogens is 1. The summed E-state index contributed by atoms with van der Waals surface area (Å²) >= 11 is 3.85. The van der Waals surface area contributed by atoms with E-state index in [0.29, 0.717) is 0 Å². The highest BCUT2D eigenvalue weighted by molar-refractivity contribution is 7.25. The van der Waals surface area contributed by atoms with Crippen molar-refractivity contribution in [3.05, 3.63) is 183 Å². The Morgan fingerprint density at radius 2 is 1.18 bits per heavy atom. The van der Waals surface area contributed by atoms with E-state index in [9.17, 15) is 0 Å². The van der Waals surface area contributed by atoms with Gasteiger partial charge < -0.3 is 9.47 Å². The van der Waals surface area contributed by atoms with E-state index in [1.807, 2.05) is 22.7 Å². The van der Waals surface area contributed by atoms with E-state index in [2.05, 4.69) is 186 Å². The second-order valence-corrected chi connectivity index (χ2v) is 17.4. The molecule has 1 aliphatic carbocycles. The standard InChI is InChI=1S/C52H36N2S2/c1-53-46(32-12-3-2-4-13-32)28-35-14-5-6-15-37(35)52(53)43-18-11-21-47-51(43)42-26-23-34(30-49(42)55-47)33-22-25-40-41-27-24-36(31-50(41)56-48(40)29-33)54-44-19-9-7-16-38(44)39-17-8-10-20-45(39)54/h2-10,12-17,19-31,46H,11,18H2,1H3. The Kier molecular flexibility index (Phi) is 7.11. The first kappa shape index (κ1) is 32.1. The number of hydrogen-bond donors (Lipinski definition) is 0. The molecule has 1 atom stereocenters. The summed E-state index contributed by atoms with van der Waals surface area (Å²) in [4.78, 5) is 2.52. The van der Waals surface area contributed by atoms with E-state index in [-0.39, 0.29) is 6.04 Å². The highest BCUT2D eigenvalue weighted by Crippen LogP contribution is 2.40. The number of thiophene rings is 2. The van der Waals surface area contributed by atoms with Crippen LogP contribution in [0, 0.1) is 0 Å². The van der Waals surface area contributed by atoms with Crippen LogP contribution in [0.15, 0.2) is 158 Å². The molecular weight excluding hydrogens is 717 g/mol. The molecule has 4 heterocycles. The summed E-state index contributed by atoms with van der Waals surface area (Å²) in [6.07, 6.45) is 7.00. The van der Waals surface area contributed by atoms with Gasteiger partial charge in [-0.05, 0) is 82.8 Å². The average molecular weight is 753 g/mol. The fraction of sp³-hybridized carbons (Fsp3) is 0.0769. The molecule has 0 saturated heterocycles. The van der Waals surface area contributed by atoms with Crippen LogP contribution in [0.3, 0.4) is 0 Å². The summed E-state index contributed by atoms with van der Waals surface area (Å²) in [7, 11) is 2.28. The van der Waals surface area contributed by atoms with Gasteiger partial charge in [-0.15, -0.1) is 22.7 Å². The van der Waals surface area contributed by atoms with Gasteiger partial charge in [0.2, 0.25) is 0 Å². The van der Waals surface area contributed by atoms with Gasteiger partial charge in [-0.1, -0.05) is 127 Å². The average Bonchev–Trinajstić information content (AvgIpc) is 3.92. The molecule has 0 amide bonds. The molecule has 0 radical (unpaired) electrons. The van der Waals surface area contributed by atoms with Gasteiger partial charge in [0, 0.05) is 74.4 Å². The van der Waals surface area contributed by atoms with Crippen LogP contribution < -0.4 is 20.2 Å². The number of benzene rings is 7. The van der Waals surface area contributed by atoms with E-state index >= 15 is 0 Å². The molecule has 0 bridgehead atoms. The summed E-state index contributed by atoms with van der Waals surface area (Å²) in [5.74, 6) is 0. The highest BCUT2D eigenvalue weighted by Gasteiger charge is 2.26. The fourth-order valence-electron chi connectivity index (χ4n) is 9.56. The van der Waals surface area contributed by atoms with Crippen LogP contribution in [0.4, 0.5) is 0 Å². The molecule has 266 valence electrons. The maximum atomic E-state index is 2.52. The van der Waals surface area contributed by atoms with Crippen LogP contribution in [0.25, 0.3) is 92.3 Å². The van der Waals surface area contributed by atoms with Gasteiger partial charge in [0.1, 0.15) is 0 Å². The zero-order chi connectivity index (χ0) is 36.9. The van der Waals surface area contributed by atoms with Crippen molar-refractivity contribution >= 4 is 98.2 Å². The van der Waals surface area contributed by atoms with Crippen molar-refractivity contribution in [3.8, 4) is 16.8 Å². The molecule has 1 aliphatic heterocycles.